The van der Waals surface area contributed by atoms with Gasteiger partial charge in [0.05, 0.1) is 11.8 Å². The van der Waals surface area contributed by atoms with Crippen molar-refractivity contribution in [2.45, 2.75) is 71.6 Å². The lowest BCUT2D eigenvalue weighted by Crippen LogP contribution is -2.23. The van der Waals surface area contributed by atoms with Gasteiger partial charge in [-0.2, -0.15) is 0 Å². The summed E-state index contributed by atoms with van der Waals surface area (Å²) in [6.45, 7) is 4.14. The van der Waals surface area contributed by atoms with Crippen molar-refractivity contribution in [3.63, 3.8) is 0 Å². The molecule has 112 valence electrons. The molecule has 0 aromatic carbocycles. The molecule has 0 bridgehead atoms. The maximum absolute atomic E-state index is 11.2. The first-order valence-electron chi connectivity index (χ1n) is 7.48. The Morgan fingerprint density at radius 3 is 1.42 bits per heavy atom. The Morgan fingerprint density at radius 2 is 1.16 bits per heavy atom. The molecule has 0 aliphatic carbocycles. The fraction of sp³-hybridized carbons (Fsp3) is 0.867. The van der Waals surface area contributed by atoms with Crippen LogP contribution in [0.1, 0.15) is 71.6 Å². The fourth-order valence-corrected chi connectivity index (χ4v) is 2.31. The number of rotatable bonds is 12. The van der Waals surface area contributed by atoms with E-state index >= 15 is 0 Å². The van der Waals surface area contributed by atoms with E-state index in [0.29, 0.717) is 12.8 Å². The van der Waals surface area contributed by atoms with Crippen molar-refractivity contribution in [3.8, 4) is 0 Å². The molecule has 0 amide bonds. The maximum atomic E-state index is 11.2. The van der Waals surface area contributed by atoms with Crippen molar-refractivity contribution in [2.75, 3.05) is 0 Å². The van der Waals surface area contributed by atoms with Crippen molar-refractivity contribution < 1.29 is 19.8 Å². The molecule has 0 rings (SSSR count). The van der Waals surface area contributed by atoms with Crippen LogP contribution in [0.5, 0.6) is 0 Å². The van der Waals surface area contributed by atoms with Crippen LogP contribution in [-0.4, -0.2) is 22.2 Å². The minimum atomic E-state index is -0.849. The molecule has 4 nitrogen and oxygen atoms in total. The Balaban J connectivity index is 4.31. The Labute approximate surface area is 116 Å². The summed E-state index contributed by atoms with van der Waals surface area (Å²) in [6, 6.07) is 0. The molecule has 0 radical (unpaired) electrons. The standard InChI is InChI=1S/C15H28O4/c1-3-5-7-9-12(14(16)17)11-13(15(18)19)10-8-6-4-2/h12-13H,3-11H2,1-2H3,(H,16,17)(H,18,19)/t12-,13-/m0/s1. The van der Waals surface area contributed by atoms with Gasteiger partial charge in [0.2, 0.25) is 0 Å². The number of hydrogen-bond donors (Lipinski definition) is 2. The predicted molar refractivity (Wildman–Crippen MR) is 75.2 cm³/mol. The molecule has 0 aliphatic rings. The molecule has 0 unspecified atom stereocenters. The molecule has 2 atom stereocenters. The number of aliphatic carboxylic acids is 2. The lowest BCUT2D eigenvalue weighted by Gasteiger charge is -2.17. The summed E-state index contributed by atoms with van der Waals surface area (Å²) in [5.74, 6) is -2.71. The lowest BCUT2D eigenvalue weighted by molar-refractivity contribution is -0.146. The van der Waals surface area contributed by atoms with Gasteiger partial charge in [-0.05, 0) is 19.3 Å². The van der Waals surface area contributed by atoms with E-state index in [1.165, 1.54) is 0 Å². The van der Waals surface area contributed by atoms with Crippen LogP contribution >= 0.6 is 0 Å². The largest absolute Gasteiger partial charge is 0.481 e. The Kier molecular flexibility index (Phi) is 10.2. The summed E-state index contributed by atoms with van der Waals surface area (Å²) in [7, 11) is 0. The van der Waals surface area contributed by atoms with Gasteiger partial charge < -0.3 is 10.2 Å². The third-order valence-electron chi connectivity index (χ3n) is 3.58. The normalized spacial score (nSPS) is 14.0. The monoisotopic (exact) mass is 272 g/mol. The lowest BCUT2D eigenvalue weighted by atomic mass is 9.87. The Morgan fingerprint density at radius 1 is 0.789 bits per heavy atom. The van der Waals surface area contributed by atoms with Crippen LogP contribution in [0.15, 0.2) is 0 Å². The minimum absolute atomic E-state index is 0.276. The Hall–Kier alpha value is -1.06. The second-order valence-corrected chi connectivity index (χ2v) is 5.30. The van der Waals surface area contributed by atoms with Crippen LogP contribution < -0.4 is 0 Å². The van der Waals surface area contributed by atoms with Crippen LogP contribution in [0.2, 0.25) is 0 Å². The van der Waals surface area contributed by atoms with Gasteiger partial charge in [-0.1, -0.05) is 52.4 Å². The topological polar surface area (TPSA) is 74.6 Å². The molecule has 0 heterocycles. The van der Waals surface area contributed by atoms with E-state index in [0.717, 1.165) is 38.5 Å². The van der Waals surface area contributed by atoms with Gasteiger partial charge in [-0.15, -0.1) is 0 Å². The van der Waals surface area contributed by atoms with Crippen molar-refractivity contribution in [3.05, 3.63) is 0 Å². The molecule has 0 saturated heterocycles. The zero-order chi connectivity index (χ0) is 14.7. The van der Waals surface area contributed by atoms with Gasteiger partial charge in [0.25, 0.3) is 0 Å². The molecular formula is C15H28O4. The van der Waals surface area contributed by atoms with Crippen LogP contribution in [0.25, 0.3) is 0 Å². The molecule has 2 N–H and O–H groups in total. The first-order chi connectivity index (χ1) is 9.02. The van der Waals surface area contributed by atoms with Gasteiger partial charge in [-0.25, -0.2) is 0 Å². The van der Waals surface area contributed by atoms with Crippen molar-refractivity contribution in [1.82, 2.24) is 0 Å². The molecule has 19 heavy (non-hydrogen) atoms. The van der Waals surface area contributed by atoms with Gasteiger partial charge >= 0.3 is 11.9 Å². The van der Waals surface area contributed by atoms with Crippen LogP contribution in [0, 0.1) is 11.8 Å². The molecule has 4 heteroatoms. The highest BCUT2D eigenvalue weighted by molar-refractivity contribution is 5.73. The van der Waals surface area contributed by atoms with E-state index < -0.39 is 23.8 Å². The number of carboxylic acids is 2. The van der Waals surface area contributed by atoms with Crippen molar-refractivity contribution >= 4 is 11.9 Å². The van der Waals surface area contributed by atoms with Crippen molar-refractivity contribution in [2.24, 2.45) is 11.8 Å². The first-order valence-corrected chi connectivity index (χ1v) is 7.48. The second-order valence-electron chi connectivity index (χ2n) is 5.30. The fourth-order valence-electron chi connectivity index (χ4n) is 2.31. The molecule has 0 aromatic rings. The third-order valence-corrected chi connectivity index (χ3v) is 3.58. The molecule has 0 fully saturated rings. The maximum Gasteiger partial charge on any atom is 0.306 e. The first kappa shape index (κ1) is 17.9. The Bertz CT molecular complexity index is 237. The average molecular weight is 272 g/mol. The van der Waals surface area contributed by atoms with Crippen molar-refractivity contribution in [1.29, 1.82) is 0 Å². The van der Waals surface area contributed by atoms with Crippen LogP contribution in [0.3, 0.4) is 0 Å². The average Bonchev–Trinajstić information content (AvgIpc) is 2.35. The van der Waals surface area contributed by atoms with Crippen LogP contribution in [0.4, 0.5) is 0 Å². The quantitative estimate of drug-likeness (QED) is 0.528. The highest BCUT2D eigenvalue weighted by Gasteiger charge is 2.26. The molecule has 0 aromatic heterocycles. The van der Waals surface area contributed by atoms with E-state index in [-0.39, 0.29) is 6.42 Å². The number of hydrogen-bond acceptors (Lipinski definition) is 2. The zero-order valence-corrected chi connectivity index (χ0v) is 12.2. The minimum Gasteiger partial charge on any atom is -0.481 e. The SMILES string of the molecule is CCCCC[C@@H](C[C@H](CCCCC)C(=O)O)C(=O)O. The molecule has 0 spiro atoms. The predicted octanol–water partition coefficient (Wildman–Crippen LogP) is 3.94. The van der Waals surface area contributed by atoms with E-state index in [1.807, 2.05) is 0 Å². The second kappa shape index (κ2) is 10.8. The third kappa shape index (κ3) is 8.62. The highest BCUT2D eigenvalue weighted by atomic mass is 16.4. The summed E-state index contributed by atoms with van der Waals surface area (Å²) in [5, 5.41) is 18.4. The van der Waals surface area contributed by atoms with E-state index in [2.05, 4.69) is 13.8 Å². The highest BCUT2D eigenvalue weighted by Crippen LogP contribution is 2.23. The van der Waals surface area contributed by atoms with Crippen LogP contribution in [-0.2, 0) is 9.59 Å². The van der Waals surface area contributed by atoms with E-state index in [4.69, 9.17) is 0 Å². The smallest absolute Gasteiger partial charge is 0.306 e. The summed E-state index contributed by atoms with van der Waals surface area (Å²) in [6.07, 6.45) is 7.33. The number of unbranched alkanes of at least 4 members (excludes halogenated alkanes) is 4. The van der Waals surface area contributed by atoms with Gasteiger partial charge in [0, 0.05) is 0 Å². The molecule has 0 aliphatic heterocycles. The summed E-state index contributed by atoms with van der Waals surface area (Å²) in [5.41, 5.74) is 0. The summed E-state index contributed by atoms with van der Waals surface area (Å²) >= 11 is 0. The summed E-state index contributed by atoms with van der Waals surface area (Å²) in [4.78, 5) is 22.4. The van der Waals surface area contributed by atoms with E-state index in [9.17, 15) is 19.8 Å². The number of carbonyl (C=O) groups is 2. The van der Waals surface area contributed by atoms with Gasteiger partial charge in [0.15, 0.2) is 0 Å². The van der Waals surface area contributed by atoms with E-state index in [1.54, 1.807) is 0 Å². The summed E-state index contributed by atoms with van der Waals surface area (Å²) < 4.78 is 0. The molecular weight excluding hydrogens is 244 g/mol. The van der Waals surface area contributed by atoms with Gasteiger partial charge in [0.1, 0.15) is 0 Å². The number of carboxylic acid groups (broad SMARTS) is 2. The molecule has 0 saturated carbocycles. The zero-order valence-electron chi connectivity index (χ0n) is 12.2. The van der Waals surface area contributed by atoms with Gasteiger partial charge in [-0.3, -0.25) is 9.59 Å².